The van der Waals surface area contributed by atoms with Gasteiger partial charge in [0.05, 0.1) is 0 Å². The van der Waals surface area contributed by atoms with Gasteiger partial charge in [-0.15, -0.1) is 0 Å². The smallest absolute Gasteiger partial charge is 0.243 e. The lowest BCUT2D eigenvalue weighted by Gasteiger charge is -2.07. The van der Waals surface area contributed by atoms with Crippen molar-refractivity contribution in [1.82, 2.24) is 9.71 Å². The molecule has 94 valence electrons. The third kappa shape index (κ3) is 4.23. The van der Waals surface area contributed by atoms with Crippen molar-refractivity contribution >= 4 is 43.5 Å². The monoisotopic (exact) mass is 341 g/mol. The SMILES string of the molecule is NC(=O)CCNS(=O)(=O)c1cc(Br)cnc1Cl. The van der Waals surface area contributed by atoms with E-state index in [4.69, 9.17) is 17.3 Å². The molecule has 1 heterocycles. The van der Waals surface area contributed by atoms with Crippen LogP contribution < -0.4 is 10.5 Å². The first-order valence-corrected chi connectivity index (χ1v) is 7.07. The lowest BCUT2D eigenvalue weighted by Crippen LogP contribution is -2.28. The quantitative estimate of drug-likeness (QED) is 0.767. The Balaban J connectivity index is 2.89. The highest BCUT2D eigenvalue weighted by molar-refractivity contribution is 9.10. The van der Waals surface area contributed by atoms with Crippen molar-refractivity contribution in [2.75, 3.05) is 6.54 Å². The van der Waals surface area contributed by atoms with Crippen molar-refractivity contribution in [1.29, 1.82) is 0 Å². The number of nitrogens with two attached hydrogens (primary N) is 1. The van der Waals surface area contributed by atoms with E-state index in [9.17, 15) is 13.2 Å². The predicted octanol–water partition coefficient (Wildman–Crippen LogP) is 0.651. The number of rotatable bonds is 5. The molecule has 17 heavy (non-hydrogen) atoms. The zero-order valence-corrected chi connectivity index (χ0v) is 11.6. The molecule has 0 unspecified atom stereocenters. The topological polar surface area (TPSA) is 102 Å². The van der Waals surface area contributed by atoms with Crippen molar-refractivity contribution < 1.29 is 13.2 Å². The molecule has 6 nitrogen and oxygen atoms in total. The second kappa shape index (κ2) is 5.76. The van der Waals surface area contributed by atoms with Crippen LogP contribution >= 0.6 is 27.5 Å². The van der Waals surface area contributed by atoms with Crippen molar-refractivity contribution in [3.05, 3.63) is 21.9 Å². The zero-order chi connectivity index (χ0) is 13.1. The average molecular weight is 343 g/mol. The van der Waals surface area contributed by atoms with E-state index >= 15 is 0 Å². The van der Waals surface area contributed by atoms with E-state index in [0.717, 1.165) is 0 Å². The number of primary amides is 1. The Morgan fingerprint density at radius 3 is 2.82 bits per heavy atom. The second-order valence-corrected chi connectivity index (χ2v) is 6.07. The number of carbonyl (C=O) groups excluding carboxylic acids is 1. The number of nitrogens with one attached hydrogen (secondary N) is 1. The number of hydrogen-bond donors (Lipinski definition) is 2. The molecule has 0 aliphatic heterocycles. The van der Waals surface area contributed by atoms with Crippen LogP contribution in [0.5, 0.6) is 0 Å². The molecule has 0 aliphatic rings. The Hall–Kier alpha value is -0.700. The van der Waals surface area contributed by atoms with Crippen LogP contribution in [-0.4, -0.2) is 25.9 Å². The van der Waals surface area contributed by atoms with Gasteiger partial charge < -0.3 is 5.73 Å². The van der Waals surface area contributed by atoms with E-state index in [-0.39, 0.29) is 23.0 Å². The molecule has 0 spiro atoms. The Kier molecular flexibility index (Phi) is 4.87. The van der Waals surface area contributed by atoms with E-state index in [0.29, 0.717) is 4.47 Å². The molecule has 0 saturated carbocycles. The fourth-order valence-electron chi connectivity index (χ4n) is 0.979. The molecular formula is C8H9BrClN3O3S. The van der Waals surface area contributed by atoms with Crippen LogP contribution in [0, 0.1) is 0 Å². The van der Waals surface area contributed by atoms with Gasteiger partial charge >= 0.3 is 0 Å². The van der Waals surface area contributed by atoms with Crippen molar-refractivity contribution in [2.45, 2.75) is 11.3 Å². The largest absolute Gasteiger partial charge is 0.370 e. The molecular weight excluding hydrogens is 334 g/mol. The Bertz CT molecular complexity index is 535. The standard InChI is InChI=1S/C8H9BrClN3O3S/c9-5-3-6(8(10)12-4-5)17(15,16)13-2-1-7(11)14/h3-4,13H,1-2H2,(H2,11,14). The average Bonchev–Trinajstić information content (AvgIpc) is 2.20. The number of hydrogen-bond acceptors (Lipinski definition) is 4. The fourth-order valence-corrected chi connectivity index (χ4v) is 2.95. The first kappa shape index (κ1) is 14.4. The van der Waals surface area contributed by atoms with E-state index in [1.807, 2.05) is 0 Å². The molecule has 9 heteroatoms. The number of halogens is 2. The third-order valence-electron chi connectivity index (χ3n) is 1.73. The first-order chi connectivity index (χ1) is 7.83. The van der Waals surface area contributed by atoms with Crippen LogP contribution in [0.25, 0.3) is 0 Å². The summed E-state index contributed by atoms with van der Waals surface area (Å²) in [6.07, 6.45) is 1.29. The Labute approximate surface area is 112 Å². The van der Waals surface area contributed by atoms with Crippen LogP contribution in [0.1, 0.15) is 6.42 Å². The summed E-state index contributed by atoms with van der Waals surface area (Å²) in [5.74, 6) is -0.592. The van der Waals surface area contributed by atoms with Gasteiger partial charge in [0.1, 0.15) is 10.0 Å². The molecule has 0 aromatic carbocycles. The van der Waals surface area contributed by atoms with Crippen molar-refractivity contribution in [3.8, 4) is 0 Å². The summed E-state index contributed by atoms with van der Waals surface area (Å²) < 4.78 is 26.2. The summed E-state index contributed by atoms with van der Waals surface area (Å²) >= 11 is 8.77. The van der Waals surface area contributed by atoms with Crippen LogP contribution in [0.2, 0.25) is 5.15 Å². The van der Waals surface area contributed by atoms with E-state index in [1.54, 1.807) is 0 Å². The van der Waals surface area contributed by atoms with Gasteiger partial charge in [0.2, 0.25) is 15.9 Å². The summed E-state index contributed by atoms with van der Waals surface area (Å²) in [5.41, 5.74) is 4.89. The van der Waals surface area contributed by atoms with Gasteiger partial charge in [-0.25, -0.2) is 18.1 Å². The maximum Gasteiger partial charge on any atom is 0.243 e. The predicted molar refractivity (Wildman–Crippen MR) is 65.9 cm³/mol. The number of carbonyl (C=O) groups is 1. The first-order valence-electron chi connectivity index (χ1n) is 4.42. The molecule has 1 amide bonds. The van der Waals surface area contributed by atoms with Crippen LogP contribution in [0.15, 0.2) is 21.6 Å². The van der Waals surface area contributed by atoms with Gasteiger partial charge in [0.15, 0.2) is 0 Å². The lowest BCUT2D eigenvalue weighted by molar-refractivity contribution is -0.117. The molecule has 1 rings (SSSR count). The molecule has 3 N–H and O–H groups in total. The second-order valence-electron chi connectivity index (χ2n) is 3.06. The molecule has 0 atom stereocenters. The molecule has 0 fully saturated rings. The number of pyridine rings is 1. The highest BCUT2D eigenvalue weighted by atomic mass is 79.9. The van der Waals surface area contributed by atoms with Crippen LogP contribution in [-0.2, 0) is 14.8 Å². The summed E-state index contributed by atoms with van der Waals surface area (Å²) in [6.45, 7) is -0.0828. The van der Waals surface area contributed by atoms with Gasteiger partial charge in [0.25, 0.3) is 0 Å². The Morgan fingerprint density at radius 2 is 2.24 bits per heavy atom. The van der Waals surface area contributed by atoms with Crippen LogP contribution in [0.4, 0.5) is 0 Å². The van der Waals surface area contributed by atoms with E-state index < -0.39 is 15.9 Å². The Morgan fingerprint density at radius 1 is 1.59 bits per heavy atom. The number of aromatic nitrogens is 1. The van der Waals surface area contributed by atoms with Gasteiger partial charge in [-0.2, -0.15) is 0 Å². The van der Waals surface area contributed by atoms with Gasteiger partial charge in [-0.3, -0.25) is 4.79 Å². The maximum atomic E-state index is 11.8. The molecule has 0 aliphatic carbocycles. The normalized spacial score (nSPS) is 11.4. The molecule has 0 bridgehead atoms. The van der Waals surface area contributed by atoms with E-state index in [1.165, 1.54) is 12.3 Å². The number of amides is 1. The highest BCUT2D eigenvalue weighted by Crippen LogP contribution is 2.22. The summed E-state index contributed by atoms with van der Waals surface area (Å²) in [5, 5.41) is -0.139. The zero-order valence-electron chi connectivity index (χ0n) is 8.48. The highest BCUT2D eigenvalue weighted by Gasteiger charge is 2.19. The van der Waals surface area contributed by atoms with E-state index in [2.05, 4.69) is 25.6 Å². The van der Waals surface area contributed by atoms with Gasteiger partial charge in [-0.05, 0) is 22.0 Å². The summed E-state index contributed by atoms with van der Waals surface area (Å²) in [6, 6.07) is 1.32. The van der Waals surface area contributed by atoms with Crippen molar-refractivity contribution in [2.24, 2.45) is 5.73 Å². The maximum absolute atomic E-state index is 11.8. The molecule has 1 aromatic rings. The van der Waals surface area contributed by atoms with Crippen LogP contribution in [0.3, 0.4) is 0 Å². The fraction of sp³-hybridized carbons (Fsp3) is 0.250. The minimum absolute atomic E-state index is 0.0828. The minimum atomic E-state index is -3.79. The van der Waals surface area contributed by atoms with Crippen molar-refractivity contribution in [3.63, 3.8) is 0 Å². The van der Waals surface area contributed by atoms with Gasteiger partial charge in [-0.1, -0.05) is 11.6 Å². The lowest BCUT2D eigenvalue weighted by atomic mass is 10.4. The molecule has 0 radical (unpaired) electrons. The number of sulfonamides is 1. The summed E-state index contributed by atoms with van der Waals surface area (Å²) in [4.78, 5) is 14.0. The third-order valence-corrected chi connectivity index (χ3v) is 4.05. The number of nitrogens with zero attached hydrogens (tertiary/aromatic N) is 1. The summed E-state index contributed by atoms with van der Waals surface area (Å²) in [7, 11) is -3.79. The molecule has 1 aromatic heterocycles. The molecule has 0 saturated heterocycles. The van der Waals surface area contributed by atoms with Gasteiger partial charge in [0, 0.05) is 23.6 Å². The minimum Gasteiger partial charge on any atom is -0.370 e.